The second-order valence-electron chi connectivity index (χ2n) is 3.53. The minimum Gasteiger partial charge on any atom is -0.299 e. The second kappa shape index (κ2) is 2.67. The first kappa shape index (κ1) is 6.87. The van der Waals surface area contributed by atoms with Crippen molar-refractivity contribution in [3.8, 4) is 6.07 Å². The Hall–Kier alpha value is -0.810. The van der Waals surface area contributed by atoms with E-state index in [9.17, 15) is 0 Å². The van der Waals surface area contributed by atoms with Crippen LogP contribution in [-0.4, -0.2) is 24.5 Å². The minimum atomic E-state index is 0.850. The molecule has 2 saturated heterocycles. The summed E-state index contributed by atoms with van der Waals surface area (Å²) in [5.41, 5.74) is 1.33. The third-order valence-corrected chi connectivity index (χ3v) is 2.62. The number of piperidine rings is 1. The van der Waals surface area contributed by atoms with Crippen LogP contribution in [0.15, 0.2) is 11.6 Å². The molecule has 2 bridgehead atoms. The average Bonchev–Trinajstić information content (AvgIpc) is 2.32. The molecular weight excluding hydrogens is 136 g/mol. The fraction of sp³-hybridized carbons (Fsp3) is 0.667. The van der Waals surface area contributed by atoms with Crippen LogP contribution in [0, 0.1) is 17.2 Å². The highest BCUT2D eigenvalue weighted by Gasteiger charge is 2.28. The lowest BCUT2D eigenvalue weighted by Crippen LogP contribution is -2.27. The Kier molecular flexibility index (Phi) is 1.67. The van der Waals surface area contributed by atoms with Gasteiger partial charge in [0.05, 0.1) is 6.07 Å². The summed E-state index contributed by atoms with van der Waals surface area (Å²) in [6.45, 7) is 3.56. The molecule has 0 N–H and O–H groups in total. The summed E-state index contributed by atoms with van der Waals surface area (Å²) in [7, 11) is 0. The smallest absolute Gasteiger partial charge is 0.0912 e. The molecule has 2 rings (SSSR count). The number of allylic oxidation sites excluding steroid dienone is 1. The Balaban J connectivity index is 2.09. The van der Waals surface area contributed by atoms with Crippen LogP contribution in [0.2, 0.25) is 0 Å². The molecule has 2 atom stereocenters. The van der Waals surface area contributed by atoms with Crippen LogP contribution in [-0.2, 0) is 0 Å². The summed E-state index contributed by atoms with van der Waals surface area (Å²) < 4.78 is 0. The van der Waals surface area contributed by atoms with E-state index in [0.29, 0.717) is 0 Å². The molecule has 2 nitrogen and oxygen atoms in total. The van der Waals surface area contributed by atoms with Gasteiger partial charge in [-0.3, -0.25) is 4.90 Å². The summed E-state index contributed by atoms with van der Waals surface area (Å²) in [4.78, 5) is 2.44. The van der Waals surface area contributed by atoms with Crippen molar-refractivity contribution in [2.24, 2.45) is 5.92 Å². The third kappa shape index (κ3) is 1.29. The van der Waals surface area contributed by atoms with E-state index in [0.717, 1.165) is 12.5 Å². The van der Waals surface area contributed by atoms with Crippen molar-refractivity contribution in [3.63, 3.8) is 0 Å². The van der Waals surface area contributed by atoms with E-state index in [1.165, 1.54) is 31.5 Å². The van der Waals surface area contributed by atoms with Gasteiger partial charge in [-0.05, 0) is 30.9 Å². The molecule has 2 unspecified atom stereocenters. The predicted molar refractivity (Wildman–Crippen MR) is 42.9 cm³/mol. The number of nitrogens with zero attached hydrogens (tertiary/aromatic N) is 2. The third-order valence-electron chi connectivity index (χ3n) is 2.62. The van der Waals surface area contributed by atoms with Gasteiger partial charge in [-0.1, -0.05) is 0 Å². The maximum atomic E-state index is 8.47. The standard InChI is InChI=1S/C9H12N2/c10-3-1-8-5-9-2-4-11(6-8)7-9/h1,9H,2,4-7H2/b8-1-. The number of rotatable bonds is 0. The zero-order chi connectivity index (χ0) is 7.68. The van der Waals surface area contributed by atoms with E-state index in [1.807, 2.05) is 0 Å². The monoisotopic (exact) mass is 148 g/mol. The predicted octanol–water partition coefficient (Wildman–Crippen LogP) is 1.16. The summed E-state index contributed by atoms with van der Waals surface area (Å²) in [6.07, 6.45) is 4.23. The van der Waals surface area contributed by atoms with Crippen LogP contribution in [0.3, 0.4) is 0 Å². The molecule has 0 saturated carbocycles. The zero-order valence-electron chi connectivity index (χ0n) is 6.58. The van der Waals surface area contributed by atoms with Gasteiger partial charge in [-0.2, -0.15) is 5.26 Å². The SMILES string of the molecule is N#C/C=C1/CC2CCN(C1)C2. The Labute approximate surface area is 67.1 Å². The first-order valence-electron chi connectivity index (χ1n) is 4.18. The molecular formula is C9H12N2. The zero-order valence-corrected chi connectivity index (χ0v) is 6.58. The first-order valence-corrected chi connectivity index (χ1v) is 4.18. The molecule has 11 heavy (non-hydrogen) atoms. The minimum absolute atomic E-state index is 0.850. The van der Waals surface area contributed by atoms with E-state index in [4.69, 9.17) is 5.26 Å². The number of fused-ring (bicyclic) bond motifs is 2. The second-order valence-corrected chi connectivity index (χ2v) is 3.53. The summed E-state index contributed by atoms with van der Waals surface area (Å²) in [5.74, 6) is 0.850. The maximum absolute atomic E-state index is 8.47. The molecule has 0 radical (unpaired) electrons. The molecule has 2 aliphatic heterocycles. The van der Waals surface area contributed by atoms with Crippen molar-refractivity contribution in [1.82, 2.24) is 4.90 Å². The van der Waals surface area contributed by atoms with Gasteiger partial charge in [0.1, 0.15) is 0 Å². The van der Waals surface area contributed by atoms with Crippen molar-refractivity contribution in [1.29, 1.82) is 5.26 Å². The number of hydrogen-bond donors (Lipinski definition) is 0. The molecule has 0 aromatic rings. The van der Waals surface area contributed by atoms with Crippen LogP contribution in [0.1, 0.15) is 12.8 Å². The largest absolute Gasteiger partial charge is 0.299 e. The van der Waals surface area contributed by atoms with Gasteiger partial charge in [0.25, 0.3) is 0 Å². The van der Waals surface area contributed by atoms with Crippen LogP contribution < -0.4 is 0 Å². The fourth-order valence-corrected chi connectivity index (χ4v) is 2.14. The van der Waals surface area contributed by atoms with Crippen LogP contribution >= 0.6 is 0 Å². The topological polar surface area (TPSA) is 27.0 Å². The van der Waals surface area contributed by atoms with Crippen molar-refractivity contribution < 1.29 is 0 Å². The van der Waals surface area contributed by atoms with E-state index in [-0.39, 0.29) is 0 Å². The molecule has 0 amide bonds. The lowest BCUT2D eigenvalue weighted by atomic mass is 9.96. The highest BCUT2D eigenvalue weighted by molar-refractivity contribution is 5.18. The van der Waals surface area contributed by atoms with Crippen LogP contribution in [0.25, 0.3) is 0 Å². The van der Waals surface area contributed by atoms with Gasteiger partial charge in [0.2, 0.25) is 0 Å². The van der Waals surface area contributed by atoms with E-state index >= 15 is 0 Å². The van der Waals surface area contributed by atoms with Gasteiger partial charge in [-0.25, -0.2) is 0 Å². The summed E-state index contributed by atoms with van der Waals surface area (Å²) >= 11 is 0. The summed E-state index contributed by atoms with van der Waals surface area (Å²) in [6, 6.07) is 2.12. The van der Waals surface area contributed by atoms with Gasteiger partial charge in [0.15, 0.2) is 0 Å². The van der Waals surface area contributed by atoms with Crippen molar-refractivity contribution in [2.45, 2.75) is 12.8 Å². The highest BCUT2D eigenvalue weighted by atomic mass is 15.2. The Morgan fingerprint density at radius 3 is 3.27 bits per heavy atom. The lowest BCUT2D eigenvalue weighted by Gasteiger charge is -2.23. The van der Waals surface area contributed by atoms with Crippen molar-refractivity contribution in [3.05, 3.63) is 11.6 Å². The van der Waals surface area contributed by atoms with E-state index in [1.54, 1.807) is 6.08 Å². The van der Waals surface area contributed by atoms with E-state index < -0.39 is 0 Å². The van der Waals surface area contributed by atoms with Crippen LogP contribution in [0.5, 0.6) is 0 Å². The molecule has 2 heterocycles. The quantitative estimate of drug-likeness (QED) is 0.482. The van der Waals surface area contributed by atoms with E-state index in [2.05, 4.69) is 11.0 Å². The molecule has 2 aliphatic rings. The molecule has 58 valence electrons. The Bertz CT molecular complexity index is 210. The Morgan fingerprint density at radius 1 is 1.64 bits per heavy atom. The number of nitriles is 1. The molecule has 0 aliphatic carbocycles. The maximum Gasteiger partial charge on any atom is 0.0912 e. The van der Waals surface area contributed by atoms with Crippen molar-refractivity contribution >= 4 is 0 Å². The summed E-state index contributed by atoms with van der Waals surface area (Å²) in [5, 5.41) is 8.47. The molecule has 0 aromatic carbocycles. The molecule has 2 fully saturated rings. The first-order chi connectivity index (χ1) is 5.38. The van der Waals surface area contributed by atoms with Crippen LogP contribution in [0.4, 0.5) is 0 Å². The van der Waals surface area contributed by atoms with Gasteiger partial charge < -0.3 is 0 Å². The average molecular weight is 148 g/mol. The van der Waals surface area contributed by atoms with Gasteiger partial charge in [0, 0.05) is 19.2 Å². The van der Waals surface area contributed by atoms with Gasteiger partial charge >= 0.3 is 0 Å². The van der Waals surface area contributed by atoms with Gasteiger partial charge in [-0.15, -0.1) is 0 Å². The molecule has 0 spiro atoms. The lowest BCUT2D eigenvalue weighted by molar-refractivity contribution is 0.316. The fourth-order valence-electron chi connectivity index (χ4n) is 2.14. The molecule has 2 heteroatoms. The molecule has 0 aromatic heterocycles. The highest BCUT2D eigenvalue weighted by Crippen LogP contribution is 2.29. The van der Waals surface area contributed by atoms with Crippen molar-refractivity contribution in [2.75, 3.05) is 19.6 Å². The normalized spacial score (nSPS) is 39.0. The number of hydrogen-bond acceptors (Lipinski definition) is 2. The Morgan fingerprint density at radius 2 is 2.55 bits per heavy atom.